The molecule has 2 aromatic rings. The lowest BCUT2D eigenvalue weighted by Gasteiger charge is -2.33. The third-order valence-corrected chi connectivity index (χ3v) is 5.74. The van der Waals surface area contributed by atoms with Crippen LogP contribution in [0.5, 0.6) is 0 Å². The number of nitrogens with zero attached hydrogens (tertiary/aromatic N) is 4. The Morgan fingerprint density at radius 3 is 2.59 bits per heavy atom. The van der Waals surface area contributed by atoms with Crippen LogP contribution >= 0.6 is 0 Å². The first kappa shape index (κ1) is 18.1. The second-order valence-electron chi connectivity index (χ2n) is 7.80. The van der Waals surface area contributed by atoms with E-state index in [1.807, 2.05) is 23.2 Å². The van der Waals surface area contributed by atoms with Gasteiger partial charge in [0.05, 0.1) is 0 Å². The molecule has 2 aromatic heterocycles. The summed E-state index contributed by atoms with van der Waals surface area (Å²) in [5.74, 6) is 1.80. The van der Waals surface area contributed by atoms with E-state index in [9.17, 15) is 4.79 Å². The van der Waals surface area contributed by atoms with Crippen molar-refractivity contribution < 1.29 is 4.79 Å². The van der Waals surface area contributed by atoms with Crippen molar-refractivity contribution in [2.75, 3.05) is 13.1 Å². The SMILES string of the molecule is CC(C)n1ccnc1C1CCN(C(=O)C2CC(c3ccncc3)NN2)CC1. The minimum atomic E-state index is -0.169. The second kappa shape index (κ2) is 7.78. The van der Waals surface area contributed by atoms with Gasteiger partial charge in [-0.3, -0.25) is 9.78 Å². The summed E-state index contributed by atoms with van der Waals surface area (Å²) in [7, 11) is 0. The molecule has 0 bridgehead atoms. The van der Waals surface area contributed by atoms with Crippen LogP contribution < -0.4 is 10.9 Å². The van der Waals surface area contributed by atoms with Crippen molar-refractivity contribution in [3.63, 3.8) is 0 Å². The summed E-state index contributed by atoms with van der Waals surface area (Å²) < 4.78 is 2.25. The number of amides is 1. The maximum absolute atomic E-state index is 12.9. The molecule has 0 radical (unpaired) electrons. The Labute approximate surface area is 160 Å². The summed E-state index contributed by atoms with van der Waals surface area (Å²) in [6.45, 7) is 5.96. The fraction of sp³-hybridized carbons (Fsp3) is 0.550. The van der Waals surface area contributed by atoms with Gasteiger partial charge in [0.25, 0.3) is 0 Å². The molecule has 2 aliphatic heterocycles. The molecule has 4 rings (SSSR count). The zero-order valence-corrected chi connectivity index (χ0v) is 16.0. The van der Waals surface area contributed by atoms with Crippen LogP contribution in [0.3, 0.4) is 0 Å². The third-order valence-electron chi connectivity index (χ3n) is 5.74. The minimum absolute atomic E-state index is 0.151. The van der Waals surface area contributed by atoms with E-state index in [4.69, 9.17) is 0 Å². The molecule has 2 fully saturated rings. The van der Waals surface area contributed by atoms with Gasteiger partial charge in [0, 0.05) is 55.9 Å². The van der Waals surface area contributed by atoms with E-state index < -0.39 is 0 Å². The first-order chi connectivity index (χ1) is 13.1. The predicted octanol–water partition coefficient (Wildman–Crippen LogP) is 2.17. The predicted molar refractivity (Wildman–Crippen MR) is 103 cm³/mol. The summed E-state index contributed by atoms with van der Waals surface area (Å²) in [6, 6.07) is 4.39. The largest absolute Gasteiger partial charge is 0.341 e. The molecule has 0 saturated carbocycles. The van der Waals surface area contributed by atoms with E-state index in [0.717, 1.165) is 43.7 Å². The standard InChI is InChI=1S/C20H28N6O/c1-14(2)26-12-9-22-19(26)16-5-10-25(11-6-16)20(27)18-13-17(23-24-18)15-3-7-21-8-4-15/h3-4,7-9,12,14,16-18,23-24H,5-6,10-11,13H2,1-2H3. The molecule has 7 heteroatoms. The molecule has 7 nitrogen and oxygen atoms in total. The molecule has 2 saturated heterocycles. The number of carbonyl (C=O) groups excluding carboxylic acids is 1. The zero-order chi connectivity index (χ0) is 18.8. The Hall–Kier alpha value is -2.25. The molecule has 2 unspecified atom stereocenters. The molecule has 2 N–H and O–H groups in total. The minimum Gasteiger partial charge on any atom is -0.341 e. The smallest absolute Gasteiger partial charge is 0.241 e. The second-order valence-corrected chi connectivity index (χ2v) is 7.80. The van der Waals surface area contributed by atoms with E-state index in [1.165, 1.54) is 0 Å². The van der Waals surface area contributed by atoms with Crippen molar-refractivity contribution in [3.05, 3.63) is 48.3 Å². The topological polar surface area (TPSA) is 75.1 Å². The van der Waals surface area contributed by atoms with Gasteiger partial charge in [-0.25, -0.2) is 15.8 Å². The van der Waals surface area contributed by atoms with Crippen LogP contribution in [0.2, 0.25) is 0 Å². The average molecular weight is 368 g/mol. The quantitative estimate of drug-likeness (QED) is 0.865. The van der Waals surface area contributed by atoms with Crippen LogP contribution in [0.25, 0.3) is 0 Å². The molecule has 144 valence electrons. The Balaban J connectivity index is 1.33. The molecule has 4 heterocycles. The number of rotatable bonds is 4. The van der Waals surface area contributed by atoms with Gasteiger partial charge in [-0.15, -0.1) is 0 Å². The number of nitrogens with one attached hydrogen (secondary N) is 2. The maximum atomic E-state index is 12.9. The number of pyridine rings is 1. The van der Waals surface area contributed by atoms with E-state index in [0.29, 0.717) is 12.0 Å². The summed E-state index contributed by atoms with van der Waals surface area (Å²) >= 11 is 0. The Bertz CT molecular complexity index is 766. The molecular weight excluding hydrogens is 340 g/mol. The van der Waals surface area contributed by atoms with Gasteiger partial charge in [-0.2, -0.15) is 0 Å². The van der Waals surface area contributed by atoms with E-state index in [1.54, 1.807) is 12.4 Å². The lowest BCUT2D eigenvalue weighted by atomic mass is 9.94. The molecular formula is C20H28N6O. The molecule has 2 aliphatic rings. The van der Waals surface area contributed by atoms with Gasteiger partial charge in [0.15, 0.2) is 0 Å². The molecule has 2 atom stereocenters. The lowest BCUT2D eigenvalue weighted by molar-refractivity contribution is -0.134. The first-order valence-corrected chi connectivity index (χ1v) is 9.86. The highest BCUT2D eigenvalue weighted by Crippen LogP contribution is 2.30. The third kappa shape index (κ3) is 3.75. The lowest BCUT2D eigenvalue weighted by Crippen LogP contribution is -2.48. The van der Waals surface area contributed by atoms with Crippen molar-refractivity contribution in [2.45, 2.75) is 57.2 Å². The highest BCUT2D eigenvalue weighted by molar-refractivity contribution is 5.82. The average Bonchev–Trinajstić information content (AvgIpc) is 3.38. The van der Waals surface area contributed by atoms with Crippen LogP contribution in [0.4, 0.5) is 0 Å². The summed E-state index contributed by atoms with van der Waals surface area (Å²) in [6.07, 6.45) is 10.2. The van der Waals surface area contributed by atoms with Gasteiger partial charge in [-0.05, 0) is 50.8 Å². The number of carbonyl (C=O) groups is 1. The van der Waals surface area contributed by atoms with Crippen molar-refractivity contribution >= 4 is 5.91 Å². The van der Waals surface area contributed by atoms with Crippen molar-refractivity contribution in [1.82, 2.24) is 30.3 Å². The molecule has 0 aromatic carbocycles. The van der Waals surface area contributed by atoms with E-state index in [2.05, 4.69) is 45.4 Å². The Morgan fingerprint density at radius 1 is 1.15 bits per heavy atom. The number of piperidine rings is 1. The number of hydrogen-bond donors (Lipinski definition) is 2. The van der Waals surface area contributed by atoms with Crippen LogP contribution in [-0.2, 0) is 4.79 Å². The number of aromatic nitrogens is 3. The highest BCUT2D eigenvalue weighted by Gasteiger charge is 2.35. The highest BCUT2D eigenvalue weighted by atomic mass is 16.2. The Morgan fingerprint density at radius 2 is 1.89 bits per heavy atom. The summed E-state index contributed by atoms with van der Waals surface area (Å²) in [4.78, 5) is 23.6. The Kier molecular flexibility index (Phi) is 5.22. The number of hydrogen-bond acceptors (Lipinski definition) is 5. The van der Waals surface area contributed by atoms with E-state index >= 15 is 0 Å². The monoisotopic (exact) mass is 368 g/mol. The fourth-order valence-corrected chi connectivity index (χ4v) is 4.19. The molecule has 27 heavy (non-hydrogen) atoms. The van der Waals surface area contributed by atoms with Gasteiger partial charge in [-0.1, -0.05) is 0 Å². The van der Waals surface area contributed by atoms with Crippen LogP contribution in [0, 0.1) is 0 Å². The first-order valence-electron chi connectivity index (χ1n) is 9.86. The maximum Gasteiger partial charge on any atom is 0.241 e. The summed E-state index contributed by atoms with van der Waals surface area (Å²) in [5.41, 5.74) is 7.60. The van der Waals surface area contributed by atoms with Gasteiger partial charge >= 0.3 is 0 Å². The van der Waals surface area contributed by atoms with Crippen LogP contribution in [0.15, 0.2) is 36.9 Å². The van der Waals surface area contributed by atoms with Crippen molar-refractivity contribution in [1.29, 1.82) is 0 Å². The number of hydrazine groups is 1. The number of imidazole rings is 1. The fourth-order valence-electron chi connectivity index (χ4n) is 4.19. The molecule has 0 spiro atoms. The van der Waals surface area contributed by atoms with Gasteiger partial charge in [0.1, 0.15) is 11.9 Å². The molecule has 1 amide bonds. The zero-order valence-electron chi connectivity index (χ0n) is 16.0. The van der Waals surface area contributed by atoms with E-state index in [-0.39, 0.29) is 18.0 Å². The summed E-state index contributed by atoms with van der Waals surface area (Å²) in [5, 5.41) is 0. The van der Waals surface area contributed by atoms with Crippen LogP contribution in [0.1, 0.15) is 62.5 Å². The van der Waals surface area contributed by atoms with Crippen LogP contribution in [-0.4, -0.2) is 44.5 Å². The van der Waals surface area contributed by atoms with Gasteiger partial charge in [0.2, 0.25) is 5.91 Å². The van der Waals surface area contributed by atoms with Gasteiger partial charge < -0.3 is 9.47 Å². The van der Waals surface area contributed by atoms with Crippen molar-refractivity contribution in [3.8, 4) is 0 Å². The molecule has 0 aliphatic carbocycles. The van der Waals surface area contributed by atoms with Crippen molar-refractivity contribution in [2.24, 2.45) is 0 Å². The number of likely N-dealkylation sites (tertiary alicyclic amines) is 1. The normalized spacial score (nSPS) is 23.9.